The van der Waals surface area contributed by atoms with Crippen molar-refractivity contribution in [3.8, 4) is 0 Å². The predicted octanol–water partition coefficient (Wildman–Crippen LogP) is 4.63. The van der Waals surface area contributed by atoms with E-state index in [2.05, 4.69) is 0 Å². The van der Waals surface area contributed by atoms with E-state index in [4.69, 9.17) is 0 Å². The molecule has 0 aromatic carbocycles. The summed E-state index contributed by atoms with van der Waals surface area (Å²) in [6.07, 6.45) is -25.2. The lowest BCUT2D eigenvalue weighted by Crippen LogP contribution is -2.41. The van der Waals surface area contributed by atoms with Crippen molar-refractivity contribution in [2.45, 2.75) is 24.2 Å². The Morgan fingerprint density at radius 1 is 0.632 bits per heavy atom. The van der Waals surface area contributed by atoms with Crippen LogP contribution in [0.3, 0.4) is 0 Å². The highest BCUT2D eigenvalue weighted by atomic mass is 31.2. The van der Waals surface area contributed by atoms with E-state index in [9.17, 15) is 52.9 Å². The van der Waals surface area contributed by atoms with E-state index in [1.165, 1.54) is 0 Å². The van der Waals surface area contributed by atoms with Crippen molar-refractivity contribution in [3.63, 3.8) is 0 Å². The molecule has 13 heteroatoms. The summed E-state index contributed by atoms with van der Waals surface area (Å²) in [6, 6.07) is 0. The van der Waals surface area contributed by atoms with Gasteiger partial charge >= 0.3 is 24.2 Å². The molecule has 0 rings (SSSR count). The smallest absolute Gasteiger partial charge is 0.316 e. The van der Waals surface area contributed by atoms with E-state index in [-0.39, 0.29) is 0 Å². The van der Waals surface area contributed by atoms with E-state index in [0.29, 0.717) is 0 Å². The van der Waals surface area contributed by atoms with Crippen LogP contribution in [0.2, 0.25) is 0 Å². The van der Waals surface area contributed by atoms with E-state index < -0.39 is 43.7 Å². The number of rotatable bonds is 3. The molecular formula is C6H4F11OP. The van der Waals surface area contributed by atoms with Gasteiger partial charge in [-0.05, 0) is 0 Å². The summed E-state index contributed by atoms with van der Waals surface area (Å²) in [4.78, 5) is 0. The molecule has 0 aromatic heterocycles. The molecule has 0 heterocycles. The number of hydrogen-bond donors (Lipinski definition) is 0. The van der Waals surface area contributed by atoms with Crippen molar-refractivity contribution in [2.24, 2.45) is 0 Å². The van der Waals surface area contributed by atoms with Gasteiger partial charge in [-0.2, -0.15) is 48.3 Å². The molecule has 0 N–H and O–H groups in total. The lowest BCUT2D eigenvalue weighted by Gasteiger charge is -2.30. The summed E-state index contributed by atoms with van der Waals surface area (Å²) in [7, 11) is -7.00. The van der Waals surface area contributed by atoms with Crippen LogP contribution in [0, 0.1) is 0 Å². The Morgan fingerprint density at radius 3 is 1.05 bits per heavy atom. The highest BCUT2D eigenvalue weighted by molar-refractivity contribution is 7.65. The molecule has 0 fully saturated rings. The Balaban J connectivity index is 5.73. The van der Waals surface area contributed by atoms with Crippen LogP contribution in [-0.4, -0.2) is 36.5 Å². The largest absolute Gasteiger partial charge is 0.460 e. The minimum atomic E-state index is -7.00. The molecule has 0 aromatic rings. The monoisotopic (exact) mass is 332 g/mol. The molecule has 0 saturated heterocycles. The van der Waals surface area contributed by atoms with Crippen molar-refractivity contribution < 1.29 is 52.9 Å². The van der Waals surface area contributed by atoms with Gasteiger partial charge in [0.15, 0.2) is 7.14 Å². The highest BCUT2D eigenvalue weighted by Crippen LogP contribution is 2.69. The standard InChI is InChI=1S/C6H4F11OP/c7-3(8,9)1-19(18,2-4(10,11)12)6(16,17)5(13,14)15/h1-2H2. The van der Waals surface area contributed by atoms with E-state index in [0.717, 1.165) is 0 Å². The van der Waals surface area contributed by atoms with Crippen LogP contribution in [0.5, 0.6) is 0 Å². The van der Waals surface area contributed by atoms with Gasteiger partial charge in [0.1, 0.15) is 12.3 Å². The molecule has 0 atom stereocenters. The van der Waals surface area contributed by atoms with Crippen molar-refractivity contribution in [1.29, 1.82) is 0 Å². The molecule has 0 spiro atoms. The second-order valence-corrected chi connectivity index (χ2v) is 6.45. The second-order valence-electron chi connectivity index (χ2n) is 3.47. The van der Waals surface area contributed by atoms with E-state index >= 15 is 0 Å². The van der Waals surface area contributed by atoms with Gasteiger partial charge in [-0.25, -0.2) is 0 Å². The molecule has 0 amide bonds. The maximum Gasteiger partial charge on any atom is 0.460 e. The van der Waals surface area contributed by atoms with Gasteiger partial charge in [0, 0.05) is 0 Å². The third kappa shape index (κ3) is 4.81. The Kier molecular flexibility index (Phi) is 4.64. The van der Waals surface area contributed by atoms with E-state index in [1.54, 1.807) is 0 Å². The SMILES string of the molecule is O=P(CC(F)(F)F)(CC(F)(F)F)C(F)(F)C(F)(F)F. The van der Waals surface area contributed by atoms with Crippen molar-refractivity contribution >= 4 is 7.14 Å². The topological polar surface area (TPSA) is 17.1 Å². The van der Waals surface area contributed by atoms with Crippen LogP contribution in [0.1, 0.15) is 0 Å². The van der Waals surface area contributed by atoms with Crippen LogP contribution >= 0.6 is 7.14 Å². The zero-order valence-electron chi connectivity index (χ0n) is 8.43. The van der Waals surface area contributed by atoms with Gasteiger partial charge in [-0.15, -0.1) is 0 Å². The van der Waals surface area contributed by atoms with Crippen molar-refractivity contribution in [2.75, 3.05) is 12.3 Å². The summed E-state index contributed by atoms with van der Waals surface area (Å²) < 4.78 is 143. The van der Waals surface area contributed by atoms with Crippen LogP contribution in [-0.2, 0) is 4.57 Å². The summed E-state index contributed by atoms with van der Waals surface area (Å²) >= 11 is 0. The molecular weight excluding hydrogens is 328 g/mol. The van der Waals surface area contributed by atoms with Crippen molar-refractivity contribution in [1.82, 2.24) is 0 Å². The van der Waals surface area contributed by atoms with Gasteiger partial charge < -0.3 is 4.57 Å². The average Bonchev–Trinajstić information content (AvgIpc) is 1.92. The Bertz CT molecular complexity index is 341. The number of alkyl halides is 11. The normalized spacial score (nSPS) is 15.7. The number of halogens is 11. The van der Waals surface area contributed by atoms with Crippen molar-refractivity contribution in [3.05, 3.63) is 0 Å². The molecule has 0 radical (unpaired) electrons. The first-order valence-corrected chi connectivity index (χ1v) is 6.15. The average molecular weight is 332 g/mol. The Labute approximate surface area is 97.7 Å². The van der Waals surface area contributed by atoms with Gasteiger partial charge in [-0.1, -0.05) is 0 Å². The summed E-state index contributed by atoms with van der Waals surface area (Å²) in [5.41, 5.74) is -6.58. The molecule has 19 heavy (non-hydrogen) atoms. The van der Waals surface area contributed by atoms with Crippen LogP contribution in [0.25, 0.3) is 0 Å². The molecule has 0 aliphatic carbocycles. The lowest BCUT2D eigenvalue weighted by molar-refractivity contribution is -0.244. The molecule has 0 aliphatic heterocycles. The van der Waals surface area contributed by atoms with Crippen LogP contribution in [0.4, 0.5) is 48.3 Å². The first-order valence-electron chi connectivity index (χ1n) is 4.07. The number of hydrogen-bond acceptors (Lipinski definition) is 1. The first-order chi connectivity index (χ1) is 7.91. The van der Waals surface area contributed by atoms with Crippen LogP contribution in [0.15, 0.2) is 0 Å². The summed E-state index contributed by atoms with van der Waals surface area (Å²) in [5, 5.41) is 0. The summed E-state index contributed by atoms with van der Waals surface area (Å²) in [5.74, 6) is 0. The third-order valence-electron chi connectivity index (χ3n) is 1.72. The highest BCUT2D eigenvalue weighted by Gasteiger charge is 2.72. The maximum atomic E-state index is 12.7. The fourth-order valence-corrected chi connectivity index (χ4v) is 3.19. The second kappa shape index (κ2) is 4.78. The fraction of sp³-hybridized carbons (Fsp3) is 1.00. The van der Waals surface area contributed by atoms with Crippen LogP contribution < -0.4 is 0 Å². The van der Waals surface area contributed by atoms with Gasteiger partial charge in [-0.3, -0.25) is 0 Å². The molecule has 0 aliphatic rings. The van der Waals surface area contributed by atoms with Gasteiger partial charge in [0.05, 0.1) is 0 Å². The molecule has 0 saturated carbocycles. The fourth-order valence-electron chi connectivity index (χ4n) is 1.06. The Hall–Kier alpha value is -0.540. The Morgan fingerprint density at radius 2 is 0.895 bits per heavy atom. The molecule has 0 bridgehead atoms. The minimum absolute atomic E-state index is 3.36. The van der Waals surface area contributed by atoms with E-state index in [1.807, 2.05) is 0 Å². The maximum absolute atomic E-state index is 12.7. The van der Waals surface area contributed by atoms with Gasteiger partial charge in [0.2, 0.25) is 0 Å². The predicted molar refractivity (Wildman–Crippen MR) is 40.5 cm³/mol. The molecule has 116 valence electrons. The first kappa shape index (κ1) is 18.5. The lowest BCUT2D eigenvalue weighted by atomic mass is 10.7. The molecule has 0 unspecified atom stereocenters. The summed E-state index contributed by atoms with van der Waals surface area (Å²) in [6.45, 7) is 0. The minimum Gasteiger partial charge on any atom is -0.316 e. The molecule has 1 nitrogen and oxygen atoms in total. The zero-order chi connectivity index (χ0) is 15.9. The zero-order valence-corrected chi connectivity index (χ0v) is 9.32. The van der Waals surface area contributed by atoms with Gasteiger partial charge in [0.25, 0.3) is 0 Å². The third-order valence-corrected chi connectivity index (χ3v) is 4.74. The quantitative estimate of drug-likeness (QED) is 0.544.